The molecule has 0 aliphatic rings. The van der Waals surface area contributed by atoms with E-state index < -0.39 is 28.0 Å². The first-order valence-electron chi connectivity index (χ1n) is 8.85. The van der Waals surface area contributed by atoms with Crippen molar-refractivity contribution in [3.05, 3.63) is 53.8 Å². The largest absolute Gasteiger partial charge is 0.493 e. The Labute approximate surface area is 170 Å². The lowest BCUT2D eigenvalue weighted by Gasteiger charge is -2.29. The zero-order valence-electron chi connectivity index (χ0n) is 17.0. The van der Waals surface area contributed by atoms with E-state index in [9.17, 15) is 17.6 Å². The first-order valence-corrected chi connectivity index (χ1v) is 10.7. The van der Waals surface area contributed by atoms with E-state index in [2.05, 4.69) is 5.32 Å². The van der Waals surface area contributed by atoms with Crippen molar-refractivity contribution in [2.75, 3.05) is 24.8 Å². The van der Waals surface area contributed by atoms with Gasteiger partial charge in [-0.1, -0.05) is 12.1 Å². The number of hydrogen-bond acceptors (Lipinski definition) is 5. The first kappa shape index (κ1) is 22.5. The van der Waals surface area contributed by atoms with Crippen LogP contribution >= 0.6 is 0 Å². The molecule has 0 aromatic heterocycles. The summed E-state index contributed by atoms with van der Waals surface area (Å²) < 4.78 is 49.4. The number of halogens is 1. The third-order valence-corrected chi connectivity index (χ3v) is 5.68. The van der Waals surface area contributed by atoms with Gasteiger partial charge in [-0.05, 0) is 43.7 Å². The van der Waals surface area contributed by atoms with E-state index in [0.717, 1.165) is 10.6 Å². The molecule has 0 radical (unpaired) electrons. The number of amides is 1. The zero-order chi connectivity index (χ0) is 21.8. The van der Waals surface area contributed by atoms with Crippen molar-refractivity contribution in [3.8, 4) is 11.5 Å². The van der Waals surface area contributed by atoms with Gasteiger partial charge < -0.3 is 14.8 Å². The normalized spacial score (nSPS) is 13.3. The molecule has 0 fully saturated rings. The van der Waals surface area contributed by atoms with E-state index in [1.54, 1.807) is 25.1 Å². The van der Waals surface area contributed by atoms with E-state index in [0.29, 0.717) is 17.1 Å². The number of nitrogens with zero attached hydrogens (tertiary/aromatic N) is 1. The lowest BCUT2D eigenvalue weighted by molar-refractivity contribution is -0.122. The Balaban J connectivity index is 2.30. The van der Waals surface area contributed by atoms with Crippen LogP contribution in [-0.2, 0) is 14.8 Å². The van der Waals surface area contributed by atoms with Crippen molar-refractivity contribution in [1.29, 1.82) is 0 Å². The molecule has 2 aromatic rings. The van der Waals surface area contributed by atoms with Crippen LogP contribution in [0.25, 0.3) is 0 Å². The molecule has 2 rings (SSSR count). The predicted molar refractivity (Wildman–Crippen MR) is 109 cm³/mol. The van der Waals surface area contributed by atoms with E-state index >= 15 is 0 Å². The average molecular weight is 424 g/mol. The maximum Gasteiger partial charge on any atom is 0.244 e. The number of carbonyl (C=O) groups is 1. The Morgan fingerprint density at radius 3 is 2.14 bits per heavy atom. The minimum atomic E-state index is -3.79. The van der Waals surface area contributed by atoms with Crippen LogP contribution in [0.5, 0.6) is 11.5 Å². The highest BCUT2D eigenvalue weighted by Gasteiger charge is 2.30. The van der Waals surface area contributed by atoms with E-state index in [1.807, 2.05) is 0 Å². The van der Waals surface area contributed by atoms with Gasteiger partial charge in [0.2, 0.25) is 15.9 Å². The molecule has 0 saturated carbocycles. The fourth-order valence-corrected chi connectivity index (χ4v) is 4.11. The fourth-order valence-electron chi connectivity index (χ4n) is 2.94. The number of hydrogen-bond donors (Lipinski definition) is 1. The van der Waals surface area contributed by atoms with Crippen LogP contribution < -0.4 is 19.1 Å². The van der Waals surface area contributed by atoms with Gasteiger partial charge in [0.05, 0.1) is 32.2 Å². The highest BCUT2D eigenvalue weighted by Crippen LogP contribution is 2.33. The van der Waals surface area contributed by atoms with Crippen LogP contribution in [0.2, 0.25) is 0 Å². The van der Waals surface area contributed by atoms with Gasteiger partial charge in [-0.3, -0.25) is 9.10 Å². The Morgan fingerprint density at radius 2 is 1.62 bits per heavy atom. The minimum Gasteiger partial charge on any atom is -0.493 e. The Morgan fingerprint density at radius 1 is 1.03 bits per heavy atom. The molecule has 29 heavy (non-hydrogen) atoms. The van der Waals surface area contributed by atoms with Gasteiger partial charge in [0.15, 0.2) is 11.5 Å². The van der Waals surface area contributed by atoms with Gasteiger partial charge in [0.25, 0.3) is 0 Å². The number of rotatable bonds is 8. The molecule has 2 atom stereocenters. The lowest BCUT2D eigenvalue weighted by Crippen LogP contribution is -2.48. The standard InChI is InChI=1S/C20H25FN2O5S/c1-13(15-6-8-16(21)9-7-15)22-20(24)14(2)23(29(5,25)26)17-10-11-18(27-3)19(12-17)28-4/h6-14H,1-5H3,(H,22,24)/t13-,14-/m1/s1. The molecule has 0 aliphatic heterocycles. The number of anilines is 1. The minimum absolute atomic E-state index is 0.266. The highest BCUT2D eigenvalue weighted by molar-refractivity contribution is 7.92. The van der Waals surface area contributed by atoms with Crippen LogP contribution in [0.4, 0.5) is 10.1 Å². The second-order valence-corrected chi connectivity index (χ2v) is 8.42. The van der Waals surface area contributed by atoms with Crippen LogP contribution in [-0.4, -0.2) is 40.8 Å². The number of ether oxygens (including phenoxy) is 2. The van der Waals surface area contributed by atoms with Gasteiger partial charge in [-0.25, -0.2) is 12.8 Å². The maximum atomic E-state index is 13.1. The van der Waals surface area contributed by atoms with Crippen molar-refractivity contribution in [1.82, 2.24) is 5.32 Å². The van der Waals surface area contributed by atoms with Crippen molar-refractivity contribution < 1.29 is 27.1 Å². The summed E-state index contributed by atoms with van der Waals surface area (Å²) in [5.41, 5.74) is 0.964. The topological polar surface area (TPSA) is 84.9 Å². The maximum absolute atomic E-state index is 13.1. The molecular weight excluding hydrogens is 399 g/mol. The van der Waals surface area contributed by atoms with E-state index in [-0.39, 0.29) is 11.5 Å². The fraction of sp³-hybridized carbons (Fsp3) is 0.350. The molecule has 7 nitrogen and oxygen atoms in total. The lowest BCUT2D eigenvalue weighted by atomic mass is 10.1. The summed E-state index contributed by atoms with van der Waals surface area (Å²) in [6.07, 6.45) is 1.02. The third-order valence-electron chi connectivity index (χ3n) is 4.44. The molecule has 0 unspecified atom stereocenters. The highest BCUT2D eigenvalue weighted by atomic mass is 32.2. The molecule has 0 heterocycles. The Hall–Kier alpha value is -2.81. The second kappa shape index (κ2) is 9.13. The predicted octanol–water partition coefficient (Wildman–Crippen LogP) is 2.87. The van der Waals surface area contributed by atoms with Gasteiger partial charge in [-0.15, -0.1) is 0 Å². The van der Waals surface area contributed by atoms with E-state index in [1.165, 1.54) is 45.4 Å². The smallest absolute Gasteiger partial charge is 0.244 e. The molecule has 0 bridgehead atoms. The third kappa shape index (κ3) is 5.38. The zero-order valence-corrected chi connectivity index (χ0v) is 17.8. The Bertz CT molecular complexity index is 963. The Kier molecular flexibility index (Phi) is 7.07. The summed E-state index contributed by atoms with van der Waals surface area (Å²) in [6, 6.07) is 8.85. The summed E-state index contributed by atoms with van der Waals surface area (Å²) in [7, 11) is -0.878. The molecule has 1 amide bonds. The summed E-state index contributed by atoms with van der Waals surface area (Å²) in [6.45, 7) is 3.23. The number of methoxy groups -OCH3 is 2. The summed E-state index contributed by atoms with van der Waals surface area (Å²) >= 11 is 0. The molecule has 0 saturated heterocycles. The number of sulfonamides is 1. The van der Waals surface area contributed by atoms with E-state index in [4.69, 9.17) is 9.47 Å². The van der Waals surface area contributed by atoms with Crippen LogP contribution in [0.15, 0.2) is 42.5 Å². The quantitative estimate of drug-likeness (QED) is 0.704. The van der Waals surface area contributed by atoms with Crippen LogP contribution in [0, 0.1) is 5.82 Å². The summed E-state index contributed by atoms with van der Waals surface area (Å²) in [5, 5.41) is 2.77. The van der Waals surface area contributed by atoms with Crippen molar-refractivity contribution in [2.45, 2.75) is 25.9 Å². The summed E-state index contributed by atoms with van der Waals surface area (Å²) in [4.78, 5) is 12.8. The van der Waals surface area contributed by atoms with Crippen molar-refractivity contribution in [2.24, 2.45) is 0 Å². The van der Waals surface area contributed by atoms with Crippen molar-refractivity contribution in [3.63, 3.8) is 0 Å². The molecule has 158 valence electrons. The summed E-state index contributed by atoms with van der Waals surface area (Å²) in [5.74, 6) is -0.0999. The SMILES string of the molecule is COc1ccc(N([C@H](C)C(=O)N[C@H](C)c2ccc(F)cc2)S(C)(=O)=O)cc1OC. The van der Waals surface area contributed by atoms with Crippen LogP contribution in [0.1, 0.15) is 25.5 Å². The molecule has 1 N–H and O–H groups in total. The molecular formula is C20H25FN2O5S. The number of carbonyl (C=O) groups excluding carboxylic acids is 1. The molecule has 0 spiro atoms. The van der Waals surface area contributed by atoms with Gasteiger partial charge in [0, 0.05) is 6.07 Å². The monoisotopic (exact) mass is 424 g/mol. The van der Waals surface area contributed by atoms with Gasteiger partial charge in [0.1, 0.15) is 11.9 Å². The van der Waals surface area contributed by atoms with Gasteiger partial charge in [-0.2, -0.15) is 0 Å². The van der Waals surface area contributed by atoms with Gasteiger partial charge >= 0.3 is 0 Å². The second-order valence-electron chi connectivity index (χ2n) is 6.56. The first-order chi connectivity index (χ1) is 13.6. The van der Waals surface area contributed by atoms with Crippen LogP contribution in [0.3, 0.4) is 0 Å². The molecule has 2 aromatic carbocycles. The molecule has 0 aliphatic carbocycles. The molecule has 9 heteroatoms. The van der Waals surface area contributed by atoms with Crippen molar-refractivity contribution >= 4 is 21.6 Å². The average Bonchev–Trinajstić information content (AvgIpc) is 2.67. The number of benzene rings is 2. The number of nitrogens with one attached hydrogen (secondary N) is 1.